The van der Waals surface area contributed by atoms with Gasteiger partial charge in [-0.2, -0.15) is 0 Å². The largest absolute Gasteiger partial charge is 0.444 e. The van der Waals surface area contributed by atoms with E-state index in [0.717, 1.165) is 55.7 Å². The normalized spacial score (nSPS) is 13.7. The lowest BCUT2D eigenvalue weighted by atomic mass is 10.0. The molecule has 0 atom stereocenters. The smallest absolute Gasteiger partial charge is 0.410 e. The van der Waals surface area contributed by atoms with Crippen LogP contribution in [0, 0.1) is 6.92 Å². The Morgan fingerprint density at radius 3 is 2.37 bits per heavy atom. The van der Waals surface area contributed by atoms with Crippen LogP contribution in [0.25, 0.3) is 44.3 Å². The van der Waals surface area contributed by atoms with Crippen LogP contribution in [0.5, 0.6) is 0 Å². The highest BCUT2D eigenvalue weighted by Crippen LogP contribution is 2.32. The maximum atomic E-state index is 12.4. The predicted molar refractivity (Wildman–Crippen MR) is 164 cm³/mol. The Labute approximate surface area is 240 Å². The molecule has 1 aliphatic rings. The van der Waals surface area contributed by atoms with Crippen molar-refractivity contribution in [3.05, 3.63) is 66.9 Å². The minimum atomic E-state index is -0.494. The number of nitrogens with one attached hydrogen (secondary N) is 1. The molecule has 6 rings (SSSR count). The van der Waals surface area contributed by atoms with Crippen molar-refractivity contribution in [2.75, 3.05) is 31.1 Å². The van der Waals surface area contributed by atoms with E-state index in [1.165, 1.54) is 0 Å². The number of piperazine rings is 1. The Kier molecular flexibility index (Phi) is 7.88. The Bertz CT molecular complexity index is 1670. The highest BCUT2D eigenvalue weighted by atomic mass is 16.6. The number of pyridine rings is 4. The third-order valence-corrected chi connectivity index (χ3v) is 6.95. The van der Waals surface area contributed by atoms with Gasteiger partial charge in [-0.1, -0.05) is 13.8 Å². The molecule has 0 spiro atoms. The summed E-state index contributed by atoms with van der Waals surface area (Å²) in [7, 11) is 0. The first-order chi connectivity index (χ1) is 19.7. The number of hydrogen-bond donors (Lipinski definition) is 1. The van der Waals surface area contributed by atoms with Crippen molar-refractivity contribution in [3.63, 3.8) is 0 Å². The van der Waals surface area contributed by atoms with Crippen LogP contribution in [0.4, 0.5) is 10.6 Å². The molecule has 0 aromatic carbocycles. The van der Waals surface area contributed by atoms with E-state index in [-0.39, 0.29) is 6.09 Å². The Morgan fingerprint density at radius 1 is 0.902 bits per heavy atom. The molecular weight excluding hydrogens is 514 g/mol. The zero-order valence-corrected chi connectivity index (χ0v) is 24.6. The Morgan fingerprint density at radius 2 is 1.68 bits per heavy atom. The van der Waals surface area contributed by atoms with Gasteiger partial charge in [-0.05, 0) is 63.6 Å². The molecule has 5 aromatic rings. The SMILES string of the molecule is CC.Cc1cc(N2CCN(C(=O)OC(C)(C)C)CC2)ncc1-c1cnc2[nH]c3cnc(-c4cccnc4)cc3c2c1. The van der Waals surface area contributed by atoms with Gasteiger partial charge in [-0.25, -0.2) is 14.8 Å². The number of hydrogen-bond acceptors (Lipinski definition) is 7. The van der Waals surface area contributed by atoms with E-state index in [1.807, 2.05) is 71.5 Å². The zero-order chi connectivity index (χ0) is 29.1. The highest BCUT2D eigenvalue weighted by Gasteiger charge is 2.26. The van der Waals surface area contributed by atoms with Crippen molar-refractivity contribution < 1.29 is 9.53 Å². The maximum absolute atomic E-state index is 12.4. The van der Waals surface area contributed by atoms with Crippen molar-refractivity contribution in [1.82, 2.24) is 29.8 Å². The number of carbonyl (C=O) groups excluding carboxylic acids is 1. The number of aromatic amines is 1. The summed E-state index contributed by atoms with van der Waals surface area (Å²) in [6, 6.07) is 10.3. The molecule has 9 heteroatoms. The zero-order valence-electron chi connectivity index (χ0n) is 24.6. The second kappa shape index (κ2) is 11.5. The van der Waals surface area contributed by atoms with Gasteiger partial charge in [-0.15, -0.1) is 0 Å². The number of amides is 1. The molecule has 0 unspecified atom stereocenters. The lowest BCUT2D eigenvalue weighted by Gasteiger charge is -2.36. The van der Waals surface area contributed by atoms with E-state index < -0.39 is 5.60 Å². The number of ether oxygens (including phenoxy) is 1. The molecule has 212 valence electrons. The summed E-state index contributed by atoms with van der Waals surface area (Å²) in [5.41, 5.74) is 6.28. The lowest BCUT2D eigenvalue weighted by molar-refractivity contribution is 0.0240. The third-order valence-electron chi connectivity index (χ3n) is 6.95. The number of rotatable bonds is 3. The number of nitrogens with zero attached hydrogens (tertiary/aromatic N) is 6. The van der Waals surface area contributed by atoms with Gasteiger partial charge in [0.15, 0.2) is 0 Å². The molecule has 0 radical (unpaired) electrons. The fraction of sp³-hybridized carbons (Fsp3) is 0.344. The summed E-state index contributed by atoms with van der Waals surface area (Å²) in [6.07, 6.45) is 8.98. The molecule has 5 aromatic heterocycles. The second-order valence-electron chi connectivity index (χ2n) is 10.9. The summed E-state index contributed by atoms with van der Waals surface area (Å²) < 4.78 is 5.52. The van der Waals surface area contributed by atoms with Crippen LogP contribution < -0.4 is 4.90 Å². The summed E-state index contributed by atoms with van der Waals surface area (Å²) in [6.45, 7) is 14.4. The van der Waals surface area contributed by atoms with Gasteiger partial charge in [0.1, 0.15) is 17.1 Å². The van der Waals surface area contributed by atoms with Gasteiger partial charge in [0, 0.05) is 78.4 Å². The fourth-order valence-electron chi connectivity index (χ4n) is 4.96. The molecule has 9 nitrogen and oxygen atoms in total. The molecule has 6 heterocycles. The van der Waals surface area contributed by atoms with E-state index in [9.17, 15) is 4.79 Å². The van der Waals surface area contributed by atoms with E-state index in [2.05, 4.69) is 45.0 Å². The topological polar surface area (TPSA) is 100 Å². The first kappa shape index (κ1) is 28.0. The Balaban J connectivity index is 0.00000165. The number of aromatic nitrogens is 5. The quantitative estimate of drug-likeness (QED) is 0.269. The van der Waals surface area contributed by atoms with Gasteiger partial charge in [0.2, 0.25) is 0 Å². The molecule has 1 aliphatic heterocycles. The molecule has 1 fully saturated rings. The van der Waals surface area contributed by atoms with Gasteiger partial charge in [0.05, 0.1) is 17.4 Å². The molecule has 0 bridgehead atoms. The van der Waals surface area contributed by atoms with E-state index >= 15 is 0 Å². The van der Waals surface area contributed by atoms with Crippen LogP contribution in [-0.2, 0) is 4.74 Å². The lowest BCUT2D eigenvalue weighted by Crippen LogP contribution is -2.50. The molecule has 1 saturated heterocycles. The average Bonchev–Trinajstić information content (AvgIpc) is 3.35. The van der Waals surface area contributed by atoms with Crippen LogP contribution in [0.15, 0.2) is 61.3 Å². The fourth-order valence-corrected chi connectivity index (χ4v) is 4.96. The van der Waals surface area contributed by atoms with Gasteiger partial charge >= 0.3 is 6.09 Å². The predicted octanol–water partition coefficient (Wildman–Crippen LogP) is 6.63. The standard InChI is InChI=1S/C30H31N7O2.C2H6/c1-19-12-27(36-8-10-37(11-9-36)29(38)39-30(2,3)4)33-17-24(19)21-13-23-22-14-25(20-6-5-7-31-15-20)32-18-26(22)35-28(23)34-16-21;1-2/h5-7,12-18H,8-11H2,1-4H3,(H,34,35);1-2H3. The first-order valence-corrected chi connectivity index (χ1v) is 14.1. The van der Waals surface area contributed by atoms with Crippen molar-refractivity contribution in [3.8, 4) is 22.4 Å². The average molecular weight is 552 g/mol. The molecule has 1 amide bonds. The van der Waals surface area contributed by atoms with Crippen molar-refractivity contribution >= 4 is 33.8 Å². The minimum absolute atomic E-state index is 0.259. The van der Waals surface area contributed by atoms with E-state index in [4.69, 9.17) is 14.7 Å². The first-order valence-electron chi connectivity index (χ1n) is 14.1. The number of aryl methyl sites for hydroxylation is 1. The molecular formula is C32H37N7O2. The monoisotopic (exact) mass is 551 g/mol. The van der Waals surface area contributed by atoms with Crippen LogP contribution in [0.2, 0.25) is 0 Å². The van der Waals surface area contributed by atoms with Crippen LogP contribution >= 0.6 is 0 Å². The van der Waals surface area contributed by atoms with E-state index in [1.54, 1.807) is 11.1 Å². The highest BCUT2D eigenvalue weighted by molar-refractivity contribution is 6.07. The second-order valence-corrected chi connectivity index (χ2v) is 10.9. The van der Waals surface area contributed by atoms with Crippen LogP contribution in [0.3, 0.4) is 0 Å². The van der Waals surface area contributed by atoms with Crippen molar-refractivity contribution in [2.45, 2.75) is 47.1 Å². The maximum Gasteiger partial charge on any atom is 0.410 e. The van der Waals surface area contributed by atoms with Crippen LogP contribution in [0.1, 0.15) is 40.2 Å². The molecule has 0 saturated carbocycles. The minimum Gasteiger partial charge on any atom is -0.444 e. The molecule has 41 heavy (non-hydrogen) atoms. The van der Waals surface area contributed by atoms with Gasteiger partial charge in [0.25, 0.3) is 0 Å². The number of anilines is 1. The number of carbonyl (C=O) groups is 1. The van der Waals surface area contributed by atoms with E-state index in [0.29, 0.717) is 26.2 Å². The van der Waals surface area contributed by atoms with Gasteiger partial charge in [-0.3, -0.25) is 9.97 Å². The summed E-state index contributed by atoms with van der Waals surface area (Å²) in [4.78, 5) is 38.1. The van der Waals surface area contributed by atoms with Crippen LogP contribution in [-0.4, -0.2) is 67.7 Å². The molecule has 1 N–H and O–H groups in total. The number of fused-ring (bicyclic) bond motifs is 3. The number of H-pyrrole nitrogens is 1. The summed E-state index contributed by atoms with van der Waals surface area (Å²) >= 11 is 0. The Hall–Kier alpha value is -4.53. The van der Waals surface area contributed by atoms with Crippen molar-refractivity contribution in [2.24, 2.45) is 0 Å². The summed E-state index contributed by atoms with van der Waals surface area (Å²) in [5.74, 6) is 0.911. The third kappa shape index (κ3) is 5.99. The molecule has 0 aliphatic carbocycles. The van der Waals surface area contributed by atoms with Gasteiger partial charge < -0.3 is 19.5 Å². The summed E-state index contributed by atoms with van der Waals surface area (Å²) in [5, 5.41) is 2.11. The van der Waals surface area contributed by atoms with Crippen molar-refractivity contribution in [1.29, 1.82) is 0 Å².